The maximum absolute atomic E-state index is 11.6. The normalized spacial score (nSPS) is 27.5. The highest BCUT2D eigenvalue weighted by Crippen LogP contribution is 2.13. The van der Waals surface area contributed by atoms with Crippen LogP contribution in [-0.2, 0) is 9.53 Å². The van der Waals surface area contributed by atoms with Crippen LogP contribution in [0.5, 0.6) is 0 Å². The monoisotopic (exact) mass is 245 g/mol. The fourth-order valence-corrected chi connectivity index (χ4v) is 1.89. The van der Waals surface area contributed by atoms with Gasteiger partial charge in [0.05, 0.1) is 24.9 Å². The van der Waals surface area contributed by atoms with Crippen molar-refractivity contribution in [3.8, 4) is 0 Å². The van der Waals surface area contributed by atoms with Crippen molar-refractivity contribution in [2.75, 3.05) is 19.7 Å². The van der Waals surface area contributed by atoms with Gasteiger partial charge in [-0.3, -0.25) is 15.0 Å². The Morgan fingerprint density at radius 2 is 2.24 bits per heavy atom. The van der Waals surface area contributed by atoms with Gasteiger partial charge in [0.2, 0.25) is 5.91 Å². The van der Waals surface area contributed by atoms with E-state index in [4.69, 9.17) is 15.6 Å². The Balaban J connectivity index is 2.58. The lowest BCUT2D eigenvalue weighted by Gasteiger charge is -2.38. The lowest BCUT2D eigenvalue weighted by atomic mass is 10.1. The molecule has 3 atom stereocenters. The molecule has 0 saturated carbocycles. The molecule has 17 heavy (non-hydrogen) atoms. The standard InChI is InChI=1S/C10H19N3O4/c1-6-3-13(4-8(5-14)17-6)7(2)9(15)12-10(11)16/h6-8,14H,3-5H2,1-2H3,(H3,11,12,15,16). The van der Waals surface area contributed by atoms with Gasteiger partial charge in [-0.05, 0) is 13.8 Å². The van der Waals surface area contributed by atoms with Crippen molar-refractivity contribution >= 4 is 11.9 Å². The molecule has 98 valence electrons. The van der Waals surface area contributed by atoms with Gasteiger partial charge < -0.3 is 15.6 Å². The molecule has 7 nitrogen and oxygen atoms in total. The van der Waals surface area contributed by atoms with E-state index in [9.17, 15) is 9.59 Å². The average molecular weight is 245 g/mol. The van der Waals surface area contributed by atoms with E-state index in [0.29, 0.717) is 13.1 Å². The Morgan fingerprint density at radius 1 is 1.59 bits per heavy atom. The number of ether oxygens (including phenoxy) is 1. The Labute approximate surface area is 99.9 Å². The Bertz CT molecular complexity index is 297. The summed E-state index contributed by atoms with van der Waals surface area (Å²) in [6.07, 6.45) is -0.368. The van der Waals surface area contributed by atoms with Crippen molar-refractivity contribution in [2.24, 2.45) is 5.73 Å². The number of urea groups is 1. The molecule has 1 rings (SSSR count). The average Bonchev–Trinajstić information content (AvgIpc) is 2.26. The third kappa shape index (κ3) is 3.95. The largest absolute Gasteiger partial charge is 0.394 e. The van der Waals surface area contributed by atoms with E-state index >= 15 is 0 Å². The summed E-state index contributed by atoms with van der Waals surface area (Å²) in [4.78, 5) is 24.0. The van der Waals surface area contributed by atoms with E-state index in [-0.39, 0.29) is 18.8 Å². The molecule has 1 fully saturated rings. The second-order valence-corrected chi connectivity index (χ2v) is 4.23. The molecule has 3 unspecified atom stereocenters. The van der Waals surface area contributed by atoms with Crippen LogP contribution >= 0.6 is 0 Å². The van der Waals surface area contributed by atoms with Crippen LogP contribution in [0, 0.1) is 0 Å². The van der Waals surface area contributed by atoms with Gasteiger partial charge in [0.25, 0.3) is 0 Å². The third-order valence-corrected chi connectivity index (χ3v) is 2.73. The first-order chi connectivity index (χ1) is 7.93. The van der Waals surface area contributed by atoms with E-state index in [0.717, 1.165) is 0 Å². The SMILES string of the molecule is CC1CN(C(C)C(=O)NC(N)=O)CC(CO)O1. The summed E-state index contributed by atoms with van der Waals surface area (Å²) in [6.45, 7) is 4.49. The molecule has 1 aliphatic rings. The van der Waals surface area contributed by atoms with Crippen LogP contribution in [0.25, 0.3) is 0 Å². The summed E-state index contributed by atoms with van der Waals surface area (Å²) < 4.78 is 5.46. The number of nitrogens with zero attached hydrogens (tertiary/aromatic N) is 1. The number of rotatable bonds is 3. The van der Waals surface area contributed by atoms with Crippen molar-refractivity contribution < 1.29 is 19.4 Å². The smallest absolute Gasteiger partial charge is 0.318 e. The first-order valence-electron chi connectivity index (χ1n) is 5.54. The summed E-state index contributed by atoms with van der Waals surface area (Å²) >= 11 is 0. The number of aliphatic hydroxyl groups is 1. The Morgan fingerprint density at radius 3 is 2.76 bits per heavy atom. The lowest BCUT2D eigenvalue weighted by molar-refractivity contribution is -0.134. The van der Waals surface area contributed by atoms with E-state index < -0.39 is 18.0 Å². The molecular formula is C10H19N3O4. The van der Waals surface area contributed by atoms with Gasteiger partial charge in [-0.1, -0.05) is 0 Å². The summed E-state index contributed by atoms with van der Waals surface area (Å²) in [5.41, 5.74) is 4.89. The molecule has 0 spiro atoms. The summed E-state index contributed by atoms with van der Waals surface area (Å²) in [6, 6.07) is -1.34. The minimum atomic E-state index is -0.859. The van der Waals surface area contributed by atoms with Crippen LogP contribution in [-0.4, -0.2) is 59.9 Å². The second kappa shape index (κ2) is 5.95. The van der Waals surface area contributed by atoms with Gasteiger partial charge in [0.15, 0.2) is 0 Å². The van der Waals surface area contributed by atoms with Gasteiger partial charge >= 0.3 is 6.03 Å². The number of aliphatic hydroxyl groups excluding tert-OH is 1. The minimum Gasteiger partial charge on any atom is -0.394 e. The number of nitrogens with one attached hydrogen (secondary N) is 1. The second-order valence-electron chi connectivity index (χ2n) is 4.23. The molecule has 1 saturated heterocycles. The summed E-state index contributed by atoms with van der Waals surface area (Å²) in [5, 5.41) is 11.1. The molecule has 0 aromatic carbocycles. The zero-order valence-electron chi connectivity index (χ0n) is 10.0. The number of imide groups is 1. The molecular weight excluding hydrogens is 226 g/mol. The van der Waals surface area contributed by atoms with Gasteiger partial charge in [-0.2, -0.15) is 0 Å². The van der Waals surface area contributed by atoms with Crippen molar-refractivity contribution in [1.82, 2.24) is 10.2 Å². The van der Waals surface area contributed by atoms with E-state index in [1.807, 2.05) is 17.1 Å². The van der Waals surface area contributed by atoms with Crippen molar-refractivity contribution in [1.29, 1.82) is 0 Å². The van der Waals surface area contributed by atoms with Gasteiger partial charge in [0, 0.05) is 13.1 Å². The molecule has 0 bridgehead atoms. The van der Waals surface area contributed by atoms with Crippen LogP contribution < -0.4 is 11.1 Å². The summed E-state index contributed by atoms with van der Waals surface area (Å²) in [5.74, 6) is -0.441. The fraction of sp³-hybridized carbons (Fsp3) is 0.800. The van der Waals surface area contributed by atoms with Crippen LogP contribution in [0.2, 0.25) is 0 Å². The van der Waals surface area contributed by atoms with E-state index in [2.05, 4.69) is 0 Å². The Kier molecular flexibility index (Phi) is 4.86. The number of carbonyl (C=O) groups is 2. The molecule has 3 amide bonds. The fourth-order valence-electron chi connectivity index (χ4n) is 1.89. The third-order valence-electron chi connectivity index (χ3n) is 2.73. The molecule has 4 N–H and O–H groups in total. The molecule has 7 heteroatoms. The van der Waals surface area contributed by atoms with E-state index in [1.54, 1.807) is 6.92 Å². The number of morpholine rings is 1. The molecule has 0 aliphatic carbocycles. The minimum absolute atomic E-state index is 0.0651. The van der Waals surface area contributed by atoms with Crippen LogP contribution in [0.15, 0.2) is 0 Å². The van der Waals surface area contributed by atoms with Crippen LogP contribution in [0.3, 0.4) is 0 Å². The predicted molar refractivity (Wildman–Crippen MR) is 60.2 cm³/mol. The topological polar surface area (TPSA) is 105 Å². The number of hydrogen-bond acceptors (Lipinski definition) is 5. The highest BCUT2D eigenvalue weighted by atomic mass is 16.5. The molecule has 0 aromatic heterocycles. The van der Waals surface area contributed by atoms with Crippen molar-refractivity contribution in [3.63, 3.8) is 0 Å². The number of nitrogens with two attached hydrogens (primary N) is 1. The Hall–Kier alpha value is -1.18. The molecule has 0 aromatic rings. The quantitative estimate of drug-likeness (QED) is 0.570. The molecule has 0 radical (unpaired) electrons. The summed E-state index contributed by atoms with van der Waals surface area (Å²) in [7, 11) is 0. The molecule has 1 aliphatic heterocycles. The van der Waals surface area contributed by atoms with Gasteiger partial charge in [0.1, 0.15) is 0 Å². The van der Waals surface area contributed by atoms with Crippen molar-refractivity contribution in [2.45, 2.75) is 32.1 Å². The van der Waals surface area contributed by atoms with Gasteiger partial charge in [-0.25, -0.2) is 4.79 Å². The number of primary amides is 1. The lowest BCUT2D eigenvalue weighted by Crippen LogP contribution is -2.56. The maximum atomic E-state index is 11.6. The first-order valence-corrected chi connectivity index (χ1v) is 5.54. The zero-order valence-corrected chi connectivity index (χ0v) is 10.0. The first kappa shape index (κ1) is 13.9. The van der Waals surface area contributed by atoms with Gasteiger partial charge in [-0.15, -0.1) is 0 Å². The predicted octanol–water partition coefficient (Wildman–Crippen LogP) is -1.35. The zero-order chi connectivity index (χ0) is 13.0. The number of hydrogen-bond donors (Lipinski definition) is 3. The van der Waals surface area contributed by atoms with E-state index in [1.165, 1.54) is 0 Å². The molecule has 1 heterocycles. The van der Waals surface area contributed by atoms with Crippen molar-refractivity contribution in [3.05, 3.63) is 0 Å². The van der Waals surface area contributed by atoms with Crippen LogP contribution in [0.4, 0.5) is 4.79 Å². The number of carbonyl (C=O) groups excluding carboxylic acids is 2. The highest BCUT2D eigenvalue weighted by molar-refractivity contribution is 5.96. The number of amides is 3. The van der Waals surface area contributed by atoms with Crippen LogP contribution in [0.1, 0.15) is 13.8 Å². The highest BCUT2D eigenvalue weighted by Gasteiger charge is 2.31. The maximum Gasteiger partial charge on any atom is 0.318 e.